The lowest BCUT2D eigenvalue weighted by Crippen LogP contribution is -2.54. The van der Waals surface area contributed by atoms with Gasteiger partial charge in [0.1, 0.15) is 0 Å². The van der Waals surface area contributed by atoms with Gasteiger partial charge in [-0.15, -0.1) is 0 Å². The number of nitrogens with zero attached hydrogens (tertiary/aromatic N) is 2. The van der Waals surface area contributed by atoms with Gasteiger partial charge in [0, 0.05) is 42.8 Å². The number of H-pyrrole nitrogens is 1. The summed E-state index contributed by atoms with van der Waals surface area (Å²) >= 11 is 0. The zero-order valence-corrected chi connectivity index (χ0v) is 13.2. The summed E-state index contributed by atoms with van der Waals surface area (Å²) in [6.45, 7) is 4.06. The number of hydrogen-bond donors (Lipinski definition) is 1. The number of nitrogens with one attached hydrogen (secondary N) is 1. The quantitative estimate of drug-likeness (QED) is 0.944. The van der Waals surface area contributed by atoms with E-state index in [4.69, 9.17) is 0 Å². The van der Waals surface area contributed by atoms with Crippen LogP contribution in [-0.4, -0.2) is 49.6 Å². The summed E-state index contributed by atoms with van der Waals surface area (Å²) in [6.07, 6.45) is 4.15. The summed E-state index contributed by atoms with van der Waals surface area (Å²) in [4.78, 5) is 5.57. The predicted octanol–water partition coefficient (Wildman–Crippen LogP) is 2.03. The van der Waals surface area contributed by atoms with Gasteiger partial charge >= 0.3 is 0 Å². The van der Waals surface area contributed by atoms with Crippen LogP contribution in [0, 0.1) is 0 Å². The first-order valence-electron chi connectivity index (χ1n) is 7.28. The van der Waals surface area contributed by atoms with E-state index >= 15 is 0 Å². The fourth-order valence-corrected chi connectivity index (χ4v) is 4.32. The van der Waals surface area contributed by atoms with E-state index in [1.807, 2.05) is 25.3 Å². The molecule has 1 aliphatic heterocycles. The molecule has 2 heterocycles. The molecular formula is C15H21N3O2S. The van der Waals surface area contributed by atoms with Gasteiger partial charge in [-0.05, 0) is 12.5 Å². The first-order chi connectivity index (χ1) is 10.0. The standard InChI is InChI=1S/C15H21N3O2S/c1-3-12-11-17(8-9-18(12)21(2,19)20)15-10-16-14-7-5-4-6-13(14)15/h4-7,10,12,16H,3,8-9,11H2,1-2H3. The van der Waals surface area contributed by atoms with Gasteiger partial charge in [-0.25, -0.2) is 8.42 Å². The van der Waals surface area contributed by atoms with E-state index in [0.29, 0.717) is 6.54 Å². The molecule has 5 nitrogen and oxygen atoms in total. The zero-order chi connectivity index (χ0) is 15.0. The highest BCUT2D eigenvalue weighted by molar-refractivity contribution is 7.88. The van der Waals surface area contributed by atoms with Crippen molar-refractivity contribution in [2.24, 2.45) is 0 Å². The summed E-state index contributed by atoms with van der Waals surface area (Å²) in [5.41, 5.74) is 2.28. The average Bonchev–Trinajstić information content (AvgIpc) is 2.89. The Morgan fingerprint density at radius 2 is 2.05 bits per heavy atom. The zero-order valence-electron chi connectivity index (χ0n) is 12.4. The molecule has 1 aromatic heterocycles. The Hall–Kier alpha value is -1.53. The van der Waals surface area contributed by atoms with Crippen molar-refractivity contribution in [2.75, 3.05) is 30.8 Å². The van der Waals surface area contributed by atoms with Crippen LogP contribution in [-0.2, 0) is 10.0 Å². The normalized spacial score (nSPS) is 21.0. The van der Waals surface area contributed by atoms with Crippen molar-refractivity contribution in [3.63, 3.8) is 0 Å². The molecular weight excluding hydrogens is 286 g/mol. The van der Waals surface area contributed by atoms with Crippen molar-refractivity contribution in [1.29, 1.82) is 0 Å². The molecule has 1 aliphatic rings. The van der Waals surface area contributed by atoms with Crippen LogP contribution in [0.4, 0.5) is 5.69 Å². The van der Waals surface area contributed by atoms with Crippen LogP contribution in [0.5, 0.6) is 0 Å². The highest BCUT2D eigenvalue weighted by Crippen LogP contribution is 2.29. The molecule has 0 spiro atoms. The second-order valence-electron chi connectivity index (χ2n) is 5.60. The van der Waals surface area contributed by atoms with Gasteiger partial charge < -0.3 is 9.88 Å². The summed E-state index contributed by atoms with van der Waals surface area (Å²) < 4.78 is 25.4. The molecule has 114 valence electrons. The highest BCUT2D eigenvalue weighted by Gasteiger charge is 2.32. The fourth-order valence-electron chi connectivity index (χ4n) is 3.14. The largest absolute Gasteiger partial charge is 0.367 e. The number of anilines is 1. The molecule has 0 saturated carbocycles. The SMILES string of the molecule is CCC1CN(c2c[nH]c3ccccc23)CCN1S(C)(=O)=O. The monoisotopic (exact) mass is 307 g/mol. The van der Waals surface area contributed by atoms with Crippen molar-refractivity contribution in [3.05, 3.63) is 30.5 Å². The summed E-state index contributed by atoms with van der Waals surface area (Å²) in [7, 11) is -3.12. The summed E-state index contributed by atoms with van der Waals surface area (Å²) in [5.74, 6) is 0. The van der Waals surface area contributed by atoms with E-state index in [-0.39, 0.29) is 6.04 Å². The summed E-state index contributed by atoms with van der Waals surface area (Å²) in [6, 6.07) is 8.25. The predicted molar refractivity (Wildman–Crippen MR) is 86.1 cm³/mol. The van der Waals surface area contributed by atoms with Gasteiger partial charge in [0.25, 0.3) is 0 Å². The Balaban J connectivity index is 1.89. The van der Waals surface area contributed by atoms with Crippen molar-refractivity contribution in [2.45, 2.75) is 19.4 Å². The molecule has 6 heteroatoms. The van der Waals surface area contributed by atoms with E-state index in [1.54, 1.807) is 4.31 Å². The van der Waals surface area contributed by atoms with Crippen molar-refractivity contribution in [1.82, 2.24) is 9.29 Å². The molecule has 0 amide bonds. The molecule has 21 heavy (non-hydrogen) atoms. The van der Waals surface area contributed by atoms with Crippen molar-refractivity contribution >= 4 is 26.6 Å². The molecule has 1 N–H and O–H groups in total. The number of piperazine rings is 1. The van der Waals surface area contributed by atoms with E-state index in [9.17, 15) is 8.42 Å². The maximum atomic E-state index is 11.9. The minimum absolute atomic E-state index is 0.0439. The average molecular weight is 307 g/mol. The molecule has 3 rings (SSSR count). The van der Waals surface area contributed by atoms with Gasteiger partial charge in [0.2, 0.25) is 10.0 Å². The molecule has 1 aromatic carbocycles. The molecule has 1 fully saturated rings. The minimum Gasteiger partial charge on any atom is -0.367 e. The minimum atomic E-state index is -3.12. The number of aromatic amines is 1. The Labute approximate surface area is 125 Å². The third-order valence-corrected chi connectivity index (χ3v) is 5.57. The molecule has 0 aliphatic carbocycles. The number of hydrogen-bond acceptors (Lipinski definition) is 3. The van der Waals surface area contributed by atoms with E-state index < -0.39 is 10.0 Å². The molecule has 1 atom stereocenters. The van der Waals surface area contributed by atoms with Crippen molar-refractivity contribution in [3.8, 4) is 0 Å². The van der Waals surface area contributed by atoms with Crippen LogP contribution in [0.15, 0.2) is 30.5 Å². The van der Waals surface area contributed by atoms with Crippen LogP contribution < -0.4 is 4.90 Å². The molecule has 1 saturated heterocycles. The maximum absolute atomic E-state index is 11.9. The molecule has 0 radical (unpaired) electrons. The van der Waals surface area contributed by atoms with Crippen LogP contribution >= 0.6 is 0 Å². The Bertz CT molecular complexity index is 738. The van der Waals surface area contributed by atoms with Crippen molar-refractivity contribution < 1.29 is 8.42 Å². The third kappa shape index (κ3) is 2.65. The van der Waals surface area contributed by atoms with Gasteiger partial charge in [-0.3, -0.25) is 0 Å². The van der Waals surface area contributed by atoms with Gasteiger partial charge in [-0.2, -0.15) is 4.31 Å². The fraction of sp³-hybridized carbons (Fsp3) is 0.467. The second-order valence-corrected chi connectivity index (χ2v) is 7.54. The van der Waals surface area contributed by atoms with Crippen LogP contribution in [0.25, 0.3) is 10.9 Å². The number of para-hydroxylation sites is 1. The Morgan fingerprint density at radius 1 is 1.29 bits per heavy atom. The number of sulfonamides is 1. The van der Waals surface area contributed by atoms with E-state index in [1.165, 1.54) is 11.6 Å². The maximum Gasteiger partial charge on any atom is 0.211 e. The number of fused-ring (bicyclic) bond motifs is 1. The molecule has 1 unspecified atom stereocenters. The van der Waals surface area contributed by atoms with Crippen LogP contribution in [0.2, 0.25) is 0 Å². The summed E-state index contributed by atoms with van der Waals surface area (Å²) in [5, 5.41) is 1.19. The third-order valence-electron chi connectivity index (χ3n) is 4.23. The Morgan fingerprint density at radius 3 is 2.76 bits per heavy atom. The lowest BCUT2D eigenvalue weighted by molar-refractivity contribution is 0.285. The number of rotatable bonds is 3. The van der Waals surface area contributed by atoms with Gasteiger partial charge in [0.05, 0.1) is 11.9 Å². The number of aromatic nitrogens is 1. The molecule has 0 bridgehead atoms. The van der Waals surface area contributed by atoms with Gasteiger partial charge in [-0.1, -0.05) is 25.1 Å². The second kappa shape index (κ2) is 5.35. The van der Waals surface area contributed by atoms with Gasteiger partial charge in [0.15, 0.2) is 0 Å². The Kier molecular flexibility index (Phi) is 3.67. The first-order valence-corrected chi connectivity index (χ1v) is 9.13. The van der Waals surface area contributed by atoms with E-state index in [0.717, 1.165) is 30.7 Å². The number of benzene rings is 1. The van der Waals surface area contributed by atoms with E-state index in [2.05, 4.69) is 22.0 Å². The smallest absolute Gasteiger partial charge is 0.211 e. The topological polar surface area (TPSA) is 56.4 Å². The first kappa shape index (κ1) is 14.4. The lowest BCUT2D eigenvalue weighted by Gasteiger charge is -2.40. The van der Waals surface area contributed by atoms with Crippen LogP contribution in [0.3, 0.4) is 0 Å². The lowest BCUT2D eigenvalue weighted by atomic mass is 10.1. The highest BCUT2D eigenvalue weighted by atomic mass is 32.2. The molecule has 2 aromatic rings. The van der Waals surface area contributed by atoms with Crippen LogP contribution in [0.1, 0.15) is 13.3 Å².